The number of aryl methyl sites for hydroxylation is 1. The highest BCUT2D eigenvalue weighted by atomic mass is 35.5. The molecular formula is C24H32ClN3O2. The predicted octanol–water partition coefficient (Wildman–Crippen LogP) is 5.21. The first-order valence-corrected chi connectivity index (χ1v) is 11.6. The van der Waals surface area contributed by atoms with Crippen LogP contribution in [0.1, 0.15) is 56.9 Å². The number of nitrogens with zero attached hydrogens (tertiary/aromatic N) is 2. The van der Waals surface area contributed by atoms with E-state index in [2.05, 4.69) is 17.1 Å². The molecule has 2 aromatic rings. The first-order valence-electron chi connectivity index (χ1n) is 11.2. The van der Waals surface area contributed by atoms with Gasteiger partial charge in [-0.3, -0.25) is 9.69 Å². The number of hydrogen-bond donors (Lipinski definition) is 1. The van der Waals surface area contributed by atoms with E-state index >= 15 is 0 Å². The first kappa shape index (κ1) is 21.4. The van der Waals surface area contributed by atoms with Crippen LogP contribution in [0.15, 0.2) is 28.7 Å². The van der Waals surface area contributed by atoms with Gasteiger partial charge in [-0.15, -0.1) is 0 Å². The maximum atomic E-state index is 12.9. The van der Waals surface area contributed by atoms with Gasteiger partial charge in [0, 0.05) is 29.7 Å². The highest BCUT2D eigenvalue weighted by Gasteiger charge is 2.30. The van der Waals surface area contributed by atoms with Crippen molar-refractivity contribution in [3.63, 3.8) is 0 Å². The van der Waals surface area contributed by atoms with Gasteiger partial charge in [0.1, 0.15) is 5.76 Å². The summed E-state index contributed by atoms with van der Waals surface area (Å²) in [4.78, 5) is 20.0. The van der Waals surface area contributed by atoms with E-state index in [1.165, 1.54) is 19.3 Å². The second-order valence-corrected chi connectivity index (χ2v) is 9.42. The van der Waals surface area contributed by atoms with Gasteiger partial charge in [0.15, 0.2) is 0 Å². The molecule has 0 bridgehead atoms. The minimum Gasteiger partial charge on any atom is -0.441 e. The molecule has 0 unspecified atom stereocenters. The van der Waals surface area contributed by atoms with Gasteiger partial charge in [0.2, 0.25) is 11.8 Å². The van der Waals surface area contributed by atoms with Gasteiger partial charge < -0.3 is 9.73 Å². The summed E-state index contributed by atoms with van der Waals surface area (Å²) < 4.78 is 5.91. The molecule has 30 heavy (non-hydrogen) atoms. The average Bonchev–Trinajstić information content (AvgIpc) is 3.10. The summed E-state index contributed by atoms with van der Waals surface area (Å²) in [5.41, 5.74) is 1.87. The number of oxazole rings is 1. The molecule has 2 aliphatic rings. The normalized spacial score (nSPS) is 25.2. The summed E-state index contributed by atoms with van der Waals surface area (Å²) >= 11 is 5.98. The molecule has 0 spiro atoms. The number of carbonyl (C=O) groups excluding carboxylic acids is 1. The third kappa shape index (κ3) is 5.06. The number of rotatable bonds is 5. The molecule has 5 nitrogen and oxygen atoms in total. The quantitative estimate of drug-likeness (QED) is 0.708. The molecule has 3 atom stereocenters. The van der Waals surface area contributed by atoms with Crippen molar-refractivity contribution in [2.75, 3.05) is 13.1 Å². The monoisotopic (exact) mass is 429 g/mol. The Labute approximate surface area is 184 Å². The van der Waals surface area contributed by atoms with Gasteiger partial charge in [-0.05, 0) is 69.3 Å². The maximum Gasteiger partial charge on any atom is 0.226 e. The van der Waals surface area contributed by atoms with Crippen LogP contribution in [0.5, 0.6) is 0 Å². The molecule has 2 fully saturated rings. The fourth-order valence-corrected chi connectivity index (χ4v) is 4.87. The molecule has 1 aliphatic heterocycles. The Morgan fingerprint density at radius 1 is 1.20 bits per heavy atom. The lowest BCUT2D eigenvalue weighted by molar-refractivity contribution is -0.128. The van der Waals surface area contributed by atoms with E-state index in [0.717, 1.165) is 49.4 Å². The van der Waals surface area contributed by atoms with Gasteiger partial charge in [-0.2, -0.15) is 0 Å². The number of carbonyl (C=O) groups is 1. The Kier molecular flexibility index (Phi) is 6.79. The van der Waals surface area contributed by atoms with E-state index in [0.29, 0.717) is 29.4 Å². The minimum atomic E-state index is 0.0656. The van der Waals surface area contributed by atoms with Crippen LogP contribution in [-0.2, 0) is 11.3 Å². The number of aromatic nitrogens is 1. The summed E-state index contributed by atoms with van der Waals surface area (Å²) in [5.74, 6) is 2.35. The van der Waals surface area contributed by atoms with Crippen molar-refractivity contribution in [3.05, 3.63) is 40.7 Å². The molecule has 2 heterocycles. The predicted molar refractivity (Wildman–Crippen MR) is 119 cm³/mol. The number of benzene rings is 1. The van der Waals surface area contributed by atoms with Crippen LogP contribution in [0.2, 0.25) is 5.02 Å². The van der Waals surface area contributed by atoms with E-state index in [9.17, 15) is 4.79 Å². The van der Waals surface area contributed by atoms with Crippen LogP contribution in [0.25, 0.3) is 11.5 Å². The average molecular weight is 430 g/mol. The Hall–Kier alpha value is -1.85. The number of likely N-dealkylation sites (tertiary alicyclic amines) is 1. The number of hydrogen-bond acceptors (Lipinski definition) is 4. The second-order valence-electron chi connectivity index (χ2n) is 8.98. The highest BCUT2D eigenvalue weighted by molar-refractivity contribution is 6.30. The van der Waals surface area contributed by atoms with Crippen molar-refractivity contribution < 1.29 is 9.21 Å². The Bertz CT molecular complexity index is 864. The molecule has 1 saturated carbocycles. The zero-order valence-electron chi connectivity index (χ0n) is 18.0. The molecule has 1 aromatic carbocycles. The molecule has 1 N–H and O–H groups in total. The van der Waals surface area contributed by atoms with E-state index in [1.807, 2.05) is 31.2 Å². The standard InChI is InChI=1S/C24H32ClN3O2/c1-16-6-3-4-8-21(16)26-23(29)19-7-5-13-28(14-19)15-22-17(2)30-24(27-22)18-9-11-20(25)12-10-18/h9-12,16,19,21H,3-8,13-15H2,1-2H3,(H,26,29)/t16-,19+,21+/m1/s1. The van der Waals surface area contributed by atoms with Crippen molar-refractivity contribution in [1.29, 1.82) is 0 Å². The van der Waals surface area contributed by atoms with E-state index in [4.69, 9.17) is 21.0 Å². The van der Waals surface area contributed by atoms with E-state index < -0.39 is 0 Å². The van der Waals surface area contributed by atoms with Crippen LogP contribution in [-0.4, -0.2) is 34.9 Å². The maximum absolute atomic E-state index is 12.9. The summed E-state index contributed by atoms with van der Waals surface area (Å²) in [6.07, 6.45) is 6.88. The summed E-state index contributed by atoms with van der Waals surface area (Å²) in [6.45, 7) is 6.72. The fraction of sp³-hybridized carbons (Fsp3) is 0.583. The summed E-state index contributed by atoms with van der Waals surface area (Å²) in [5, 5.41) is 4.05. The van der Waals surface area contributed by atoms with Crippen molar-refractivity contribution in [3.8, 4) is 11.5 Å². The topological polar surface area (TPSA) is 58.4 Å². The van der Waals surface area contributed by atoms with Gasteiger partial charge in [-0.25, -0.2) is 4.98 Å². The van der Waals surface area contributed by atoms with E-state index in [-0.39, 0.29) is 11.8 Å². The second kappa shape index (κ2) is 9.52. The molecule has 6 heteroatoms. The molecule has 1 saturated heterocycles. The molecule has 1 aliphatic carbocycles. The van der Waals surface area contributed by atoms with Gasteiger partial charge in [-0.1, -0.05) is 31.4 Å². The van der Waals surface area contributed by atoms with Crippen molar-refractivity contribution in [2.24, 2.45) is 11.8 Å². The lowest BCUT2D eigenvalue weighted by atomic mass is 9.85. The molecular weight excluding hydrogens is 398 g/mol. The summed E-state index contributed by atoms with van der Waals surface area (Å²) in [7, 11) is 0. The number of piperidine rings is 1. The first-order chi connectivity index (χ1) is 14.5. The zero-order valence-corrected chi connectivity index (χ0v) is 18.8. The fourth-order valence-electron chi connectivity index (χ4n) is 4.75. The summed E-state index contributed by atoms with van der Waals surface area (Å²) in [6, 6.07) is 7.88. The third-order valence-corrected chi connectivity index (χ3v) is 6.92. The third-order valence-electron chi connectivity index (χ3n) is 6.67. The Morgan fingerprint density at radius 3 is 2.73 bits per heavy atom. The molecule has 1 aromatic heterocycles. The number of amides is 1. The van der Waals surface area contributed by atoms with Gasteiger partial charge in [0.25, 0.3) is 0 Å². The Balaban J connectivity index is 1.37. The minimum absolute atomic E-state index is 0.0656. The molecule has 162 valence electrons. The largest absolute Gasteiger partial charge is 0.441 e. The SMILES string of the molecule is Cc1oc(-c2ccc(Cl)cc2)nc1CN1CCC[C@H](C(=O)N[C@H]2CCCC[C@H]2C)C1. The number of halogens is 1. The number of nitrogens with one attached hydrogen (secondary N) is 1. The van der Waals surface area contributed by atoms with Crippen LogP contribution in [0.3, 0.4) is 0 Å². The molecule has 4 rings (SSSR count). The van der Waals surface area contributed by atoms with Crippen LogP contribution < -0.4 is 5.32 Å². The van der Waals surface area contributed by atoms with Crippen molar-refractivity contribution in [2.45, 2.75) is 65.0 Å². The van der Waals surface area contributed by atoms with E-state index in [1.54, 1.807) is 0 Å². The Morgan fingerprint density at radius 2 is 1.97 bits per heavy atom. The lowest BCUT2D eigenvalue weighted by Gasteiger charge is -2.34. The van der Waals surface area contributed by atoms with Crippen LogP contribution in [0, 0.1) is 18.8 Å². The lowest BCUT2D eigenvalue weighted by Crippen LogP contribution is -2.48. The highest BCUT2D eigenvalue weighted by Crippen LogP contribution is 2.27. The van der Waals surface area contributed by atoms with Crippen LogP contribution in [0.4, 0.5) is 0 Å². The molecule has 1 amide bonds. The van der Waals surface area contributed by atoms with Gasteiger partial charge >= 0.3 is 0 Å². The van der Waals surface area contributed by atoms with Crippen LogP contribution >= 0.6 is 11.6 Å². The van der Waals surface area contributed by atoms with Crippen molar-refractivity contribution in [1.82, 2.24) is 15.2 Å². The van der Waals surface area contributed by atoms with Crippen molar-refractivity contribution >= 4 is 17.5 Å². The zero-order chi connectivity index (χ0) is 21.1. The smallest absolute Gasteiger partial charge is 0.226 e. The van der Waals surface area contributed by atoms with Gasteiger partial charge in [0.05, 0.1) is 11.6 Å². The molecule has 0 radical (unpaired) electrons.